The Balaban J connectivity index is 1.98. The summed E-state index contributed by atoms with van der Waals surface area (Å²) >= 11 is 0. The first kappa shape index (κ1) is 13.2. The van der Waals surface area contributed by atoms with Crippen molar-refractivity contribution in [3.8, 4) is 5.75 Å². The van der Waals surface area contributed by atoms with Crippen molar-refractivity contribution < 1.29 is 4.74 Å². The highest BCUT2D eigenvalue weighted by Crippen LogP contribution is 2.29. The summed E-state index contributed by atoms with van der Waals surface area (Å²) in [5.74, 6) is 0.969. The fourth-order valence-electron chi connectivity index (χ4n) is 2.08. The van der Waals surface area contributed by atoms with E-state index >= 15 is 0 Å². The van der Waals surface area contributed by atoms with Gasteiger partial charge in [0, 0.05) is 12.1 Å². The van der Waals surface area contributed by atoms with Crippen LogP contribution >= 0.6 is 0 Å². The Bertz CT molecular complexity index is 403. The number of hydrogen-bond acceptors (Lipinski definition) is 3. The van der Waals surface area contributed by atoms with E-state index in [0.29, 0.717) is 0 Å². The minimum absolute atomic E-state index is 0.218. The molecule has 1 aliphatic rings. The Morgan fingerprint density at radius 3 is 2.83 bits per heavy atom. The average Bonchev–Trinajstić information content (AvgIpc) is 2.38. The molecular weight excluding hydrogens is 224 g/mol. The van der Waals surface area contributed by atoms with Crippen molar-refractivity contribution in [2.24, 2.45) is 0 Å². The number of likely N-dealkylation sites (N-methyl/N-ethyl adjacent to an activating group) is 1. The van der Waals surface area contributed by atoms with Crippen LogP contribution in [0, 0.1) is 0 Å². The van der Waals surface area contributed by atoms with Gasteiger partial charge < -0.3 is 10.1 Å². The van der Waals surface area contributed by atoms with Gasteiger partial charge in [0.2, 0.25) is 0 Å². The van der Waals surface area contributed by atoms with Crippen LogP contribution in [0.3, 0.4) is 0 Å². The Labute approximate surface area is 110 Å². The van der Waals surface area contributed by atoms with Gasteiger partial charge in [0.15, 0.2) is 0 Å². The van der Waals surface area contributed by atoms with Gasteiger partial charge in [0.1, 0.15) is 11.9 Å². The van der Waals surface area contributed by atoms with E-state index in [1.165, 1.54) is 0 Å². The lowest BCUT2D eigenvalue weighted by molar-refractivity contribution is 0.0845. The molecule has 1 atom stereocenters. The second kappa shape index (κ2) is 5.19. The average molecular weight is 248 g/mol. The van der Waals surface area contributed by atoms with E-state index < -0.39 is 0 Å². The van der Waals surface area contributed by atoms with Crippen molar-refractivity contribution in [2.75, 3.05) is 25.5 Å². The van der Waals surface area contributed by atoms with Gasteiger partial charge >= 0.3 is 0 Å². The van der Waals surface area contributed by atoms with Crippen molar-refractivity contribution in [3.63, 3.8) is 0 Å². The van der Waals surface area contributed by atoms with Gasteiger partial charge in [-0.2, -0.15) is 0 Å². The Morgan fingerprint density at radius 1 is 1.39 bits per heavy atom. The molecule has 0 saturated carbocycles. The molecule has 18 heavy (non-hydrogen) atoms. The maximum atomic E-state index is 6.04. The molecule has 3 nitrogen and oxygen atoms in total. The summed E-state index contributed by atoms with van der Waals surface area (Å²) in [5, 5.41) is 3.44. The normalized spacial score (nSPS) is 19.1. The molecular formula is C15H24N2O. The van der Waals surface area contributed by atoms with Crippen molar-refractivity contribution in [1.82, 2.24) is 4.90 Å². The summed E-state index contributed by atoms with van der Waals surface area (Å²) in [4.78, 5) is 2.38. The van der Waals surface area contributed by atoms with Gasteiger partial charge in [-0.1, -0.05) is 19.1 Å². The third-order valence-corrected chi connectivity index (χ3v) is 4.08. The monoisotopic (exact) mass is 248 g/mol. The van der Waals surface area contributed by atoms with Crippen LogP contribution in [0.4, 0.5) is 5.69 Å². The lowest BCUT2D eigenvalue weighted by Gasteiger charge is -2.38. The van der Waals surface area contributed by atoms with E-state index in [4.69, 9.17) is 4.74 Å². The molecule has 0 radical (unpaired) electrons. The molecule has 3 heteroatoms. The third kappa shape index (κ3) is 2.78. The van der Waals surface area contributed by atoms with Gasteiger partial charge in [-0.25, -0.2) is 0 Å². The van der Waals surface area contributed by atoms with Crippen molar-refractivity contribution in [3.05, 3.63) is 24.3 Å². The lowest BCUT2D eigenvalue weighted by atomic mass is 9.99. The number of fused-ring (bicyclic) bond motifs is 1. The number of anilines is 1. The quantitative estimate of drug-likeness (QED) is 0.886. The highest BCUT2D eigenvalue weighted by atomic mass is 16.5. The van der Waals surface area contributed by atoms with Crippen LogP contribution in [0.2, 0.25) is 0 Å². The largest absolute Gasteiger partial charge is 0.485 e. The number of rotatable bonds is 4. The molecule has 1 aliphatic heterocycles. The van der Waals surface area contributed by atoms with E-state index in [0.717, 1.165) is 30.9 Å². The SMILES string of the molecule is CCC(C)(C)N(C)CC1CNc2ccccc2O1. The van der Waals surface area contributed by atoms with Crippen LogP contribution in [0.5, 0.6) is 5.75 Å². The maximum Gasteiger partial charge on any atom is 0.142 e. The zero-order valence-corrected chi connectivity index (χ0v) is 11.9. The van der Waals surface area contributed by atoms with Gasteiger partial charge in [-0.05, 0) is 39.4 Å². The van der Waals surface area contributed by atoms with Crippen molar-refractivity contribution in [1.29, 1.82) is 0 Å². The minimum atomic E-state index is 0.218. The van der Waals surface area contributed by atoms with Crippen molar-refractivity contribution >= 4 is 5.69 Å². The van der Waals surface area contributed by atoms with E-state index in [2.05, 4.69) is 44.1 Å². The molecule has 100 valence electrons. The summed E-state index contributed by atoms with van der Waals surface area (Å²) in [6, 6.07) is 8.13. The van der Waals surface area contributed by atoms with E-state index in [-0.39, 0.29) is 11.6 Å². The Kier molecular flexibility index (Phi) is 3.81. The van der Waals surface area contributed by atoms with Crippen LogP contribution in [0.1, 0.15) is 27.2 Å². The maximum absolute atomic E-state index is 6.04. The summed E-state index contributed by atoms with van der Waals surface area (Å²) < 4.78 is 6.04. The van der Waals surface area contributed by atoms with Crippen LogP contribution < -0.4 is 10.1 Å². The topological polar surface area (TPSA) is 24.5 Å². The number of para-hydroxylation sites is 2. The fraction of sp³-hybridized carbons (Fsp3) is 0.600. The Morgan fingerprint density at radius 2 is 2.11 bits per heavy atom. The molecule has 1 unspecified atom stereocenters. The molecule has 1 N–H and O–H groups in total. The highest BCUT2D eigenvalue weighted by molar-refractivity contribution is 5.57. The summed E-state index contributed by atoms with van der Waals surface area (Å²) in [6.07, 6.45) is 1.36. The standard InChI is InChI=1S/C15H24N2O/c1-5-15(2,3)17(4)11-12-10-16-13-8-6-7-9-14(13)18-12/h6-9,12,16H,5,10-11H2,1-4H3. The molecule has 0 bridgehead atoms. The van der Waals surface area contributed by atoms with E-state index in [9.17, 15) is 0 Å². The lowest BCUT2D eigenvalue weighted by Crippen LogP contribution is -2.48. The van der Waals surface area contributed by atoms with Gasteiger partial charge in [-0.15, -0.1) is 0 Å². The zero-order valence-electron chi connectivity index (χ0n) is 11.9. The first-order valence-electron chi connectivity index (χ1n) is 6.73. The molecule has 0 spiro atoms. The Hall–Kier alpha value is -1.22. The molecule has 0 fully saturated rings. The van der Waals surface area contributed by atoms with E-state index in [1.54, 1.807) is 0 Å². The van der Waals surface area contributed by atoms with Gasteiger partial charge in [-0.3, -0.25) is 4.90 Å². The van der Waals surface area contributed by atoms with E-state index in [1.807, 2.05) is 18.2 Å². The first-order chi connectivity index (χ1) is 8.53. The van der Waals surface area contributed by atoms with Crippen LogP contribution in [0.25, 0.3) is 0 Å². The fourth-order valence-corrected chi connectivity index (χ4v) is 2.08. The molecule has 1 aromatic rings. The van der Waals surface area contributed by atoms with Gasteiger partial charge in [0.25, 0.3) is 0 Å². The molecule has 0 aliphatic carbocycles. The second-order valence-corrected chi connectivity index (χ2v) is 5.66. The summed E-state index contributed by atoms with van der Waals surface area (Å²) in [7, 11) is 2.17. The van der Waals surface area contributed by atoms with Crippen molar-refractivity contribution in [2.45, 2.75) is 38.8 Å². The number of ether oxygens (including phenoxy) is 1. The predicted molar refractivity (Wildman–Crippen MR) is 76.3 cm³/mol. The third-order valence-electron chi connectivity index (χ3n) is 4.08. The summed E-state index contributed by atoms with van der Waals surface area (Å²) in [5.41, 5.74) is 1.33. The molecule has 0 amide bonds. The highest BCUT2D eigenvalue weighted by Gasteiger charge is 2.26. The minimum Gasteiger partial charge on any atom is -0.485 e. The number of benzene rings is 1. The molecule has 2 rings (SSSR count). The second-order valence-electron chi connectivity index (χ2n) is 5.66. The van der Waals surface area contributed by atoms with Gasteiger partial charge in [0.05, 0.1) is 12.2 Å². The first-order valence-corrected chi connectivity index (χ1v) is 6.73. The predicted octanol–water partition coefficient (Wildman–Crippen LogP) is 2.98. The van der Waals surface area contributed by atoms with Crippen LogP contribution in [-0.4, -0.2) is 36.7 Å². The number of nitrogens with zero attached hydrogens (tertiary/aromatic N) is 1. The number of nitrogens with one attached hydrogen (secondary N) is 1. The smallest absolute Gasteiger partial charge is 0.142 e. The van der Waals surface area contributed by atoms with Crippen LogP contribution in [0.15, 0.2) is 24.3 Å². The molecule has 0 aromatic heterocycles. The molecule has 1 heterocycles. The summed E-state index contributed by atoms with van der Waals surface area (Å²) in [6.45, 7) is 8.60. The number of hydrogen-bond donors (Lipinski definition) is 1. The van der Waals surface area contributed by atoms with Crippen LogP contribution in [-0.2, 0) is 0 Å². The zero-order chi connectivity index (χ0) is 13.2. The molecule has 1 aromatic carbocycles. The molecule has 0 saturated heterocycles.